The number of rotatable bonds is 5. The lowest BCUT2D eigenvalue weighted by Gasteiger charge is -2.33. The molecule has 1 N–H and O–H groups in total. The van der Waals surface area contributed by atoms with E-state index in [0.29, 0.717) is 24.8 Å². The fraction of sp³-hybridized carbons (Fsp3) is 0.895. The second kappa shape index (κ2) is 6.82. The van der Waals surface area contributed by atoms with Gasteiger partial charge in [0.2, 0.25) is 11.8 Å². The first-order chi connectivity index (χ1) is 11.0. The van der Waals surface area contributed by atoms with Crippen molar-refractivity contribution in [1.29, 1.82) is 0 Å². The average Bonchev–Trinajstić information content (AvgIpc) is 3.10. The highest BCUT2D eigenvalue weighted by Gasteiger charge is 2.37. The first-order valence-corrected chi connectivity index (χ1v) is 9.54. The summed E-state index contributed by atoms with van der Waals surface area (Å²) in [5.41, 5.74) is 0.218. The molecule has 3 fully saturated rings. The van der Waals surface area contributed by atoms with Crippen LogP contribution in [0.4, 0.5) is 0 Å². The zero-order valence-corrected chi connectivity index (χ0v) is 14.8. The van der Waals surface area contributed by atoms with Crippen molar-refractivity contribution in [3.05, 3.63) is 0 Å². The molecule has 2 aliphatic carbocycles. The van der Waals surface area contributed by atoms with E-state index in [0.717, 1.165) is 32.2 Å². The Kier molecular flexibility index (Phi) is 4.98. The van der Waals surface area contributed by atoms with E-state index in [2.05, 4.69) is 19.2 Å². The average molecular weight is 320 g/mol. The second-order valence-electron chi connectivity index (χ2n) is 8.60. The molecule has 1 atom stereocenters. The van der Waals surface area contributed by atoms with E-state index < -0.39 is 0 Å². The van der Waals surface area contributed by atoms with Gasteiger partial charge in [-0.15, -0.1) is 0 Å². The monoisotopic (exact) mass is 320 g/mol. The molecule has 130 valence electrons. The molecule has 0 aromatic heterocycles. The Hall–Kier alpha value is -1.06. The van der Waals surface area contributed by atoms with Crippen LogP contribution < -0.4 is 5.32 Å². The maximum Gasteiger partial charge on any atom is 0.223 e. The van der Waals surface area contributed by atoms with Gasteiger partial charge < -0.3 is 10.2 Å². The molecule has 4 heteroatoms. The van der Waals surface area contributed by atoms with Crippen molar-refractivity contribution < 1.29 is 9.59 Å². The molecule has 0 unspecified atom stereocenters. The van der Waals surface area contributed by atoms with Crippen molar-refractivity contribution >= 4 is 11.8 Å². The van der Waals surface area contributed by atoms with Gasteiger partial charge in [0.25, 0.3) is 0 Å². The van der Waals surface area contributed by atoms with Crippen LogP contribution in [0.1, 0.15) is 71.6 Å². The fourth-order valence-corrected chi connectivity index (χ4v) is 4.73. The minimum absolute atomic E-state index is 0.199. The Bertz CT molecular complexity index is 450. The van der Waals surface area contributed by atoms with E-state index in [9.17, 15) is 9.59 Å². The van der Waals surface area contributed by atoms with E-state index in [-0.39, 0.29) is 23.3 Å². The van der Waals surface area contributed by atoms with Gasteiger partial charge in [0.1, 0.15) is 0 Å². The Morgan fingerprint density at radius 1 is 1.17 bits per heavy atom. The van der Waals surface area contributed by atoms with E-state index >= 15 is 0 Å². The molecule has 3 aliphatic rings. The van der Waals surface area contributed by atoms with Crippen LogP contribution in [0.5, 0.6) is 0 Å². The van der Waals surface area contributed by atoms with Gasteiger partial charge in [-0.2, -0.15) is 0 Å². The molecular formula is C19H32N2O2. The maximum atomic E-state index is 12.7. The number of likely N-dealkylation sites (tertiary alicyclic amines) is 1. The first-order valence-electron chi connectivity index (χ1n) is 9.54. The molecule has 23 heavy (non-hydrogen) atoms. The smallest absolute Gasteiger partial charge is 0.223 e. The van der Waals surface area contributed by atoms with Crippen LogP contribution in [-0.4, -0.2) is 35.8 Å². The molecule has 4 nitrogen and oxygen atoms in total. The number of carbonyl (C=O) groups excluding carboxylic acids is 2. The lowest BCUT2D eigenvalue weighted by atomic mass is 9.75. The van der Waals surface area contributed by atoms with Crippen molar-refractivity contribution in [2.75, 3.05) is 13.1 Å². The number of amides is 2. The van der Waals surface area contributed by atoms with Crippen LogP contribution in [-0.2, 0) is 9.59 Å². The molecule has 2 saturated carbocycles. The molecule has 0 bridgehead atoms. The topological polar surface area (TPSA) is 49.4 Å². The highest BCUT2D eigenvalue weighted by atomic mass is 16.2. The highest BCUT2D eigenvalue weighted by molar-refractivity contribution is 5.80. The first kappa shape index (κ1) is 16.8. The van der Waals surface area contributed by atoms with Gasteiger partial charge in [0.05, 0.1) is 0 Å². The molecule has 1 aliphatic heterocycles. The summed E-state index contributed by atoms with van der Waals surface area (Å²) in [6.07, 6.45) is 9.76. The van der Waals surface area contributed by atoms with Gasteiger partial charge in [-0.25, -0.2) is 0 Å². The Morgan fingerprint density at radius 3 is 2.52 bits per heavy atom. The standard InChI is InChI=1S/C19H32N2O2/c1-14-10-15(11-14)18(23)20-13-16-6-5-9-21(16)17(22)12-19(2)7-3-4-8-19/h14-16H,3-13H2,1-2H3,(H,20,23)/t14?,15?,16-/m1/s1. The summed E-state index contributed by atoms with van der Waals surface area (Å²) in [6, 6.07) is 0.217. The van der Waals surface area contributed by atoms with Crippen LogP contribution in [0.15, 0.2) is 0 Å². The van der Waals surface area contributed by atoms with Crippen molar-refractivity contribution in [3.63, 3.8) is 0 Å². The number of carbonyl (C=O) groups is 2. The molecule has 0 radical (unpaired) electrons. The molecule has 0 aromatic rings. The maximum absolute atomic E-state index is 12.7. The molecule has 0 aromatic carbocycles. The van der Waals surface area contributed by atoms with E-state index in [4.69, 9.17) is 0 Å². The van der Waals surface area contributed by atoms with Gasteiger partial charge in [-0.1, -0.05) is 26.7 Å². The summed E-state index contributed by atoms with van der Waals surface area (Å²) >= 11 is 0. The molecule has 0 spiro atoms. The molecule has 1 saturated heterocycles. The van der Waals surface area contributed by atoms with Crippen molar-refractivity contribution in [3.8, 4) is 0 Å². The predicted molar refractivity (Wildman–Crippen MR) is 90.8 cm³/mol. The third-order valence-corrected chi connectivity index (χ3v) is 6.34. The van der Waals surface area contributed by atoms with Crippen molar-refractivity contribution in [1.82, 2.24) is 10.2 Å². The van der Waals surface area contributed by atoms with Crippen LogP contribution in [0.25, 0.3) is 0 Å². The third-order valence-electron chi connectivity index (χ3n) is 6.34. The van der Waals surface area contributed by atoms with Crippen LogP contribution in [0.3, 0.4) is 0 Å². The molecular weight excluding hydrogens is 288 g/mol. The highest BCUT2D eigenvalue weighted by Crippen LogP contribution is 2.41. The van der Waals surface area contributed by atoms with Crippen LogP contribution >= 0.6 is 0 Å². The Balaban J connectivity index is 1.47. The minimum Gasteiger partial charge on any atom is -0.354 e. The number of hydrogen-bond donors (Lipinski definition) is 1. The van der Waals surface area contributed by atoms with Crippen LogP contribution in [0.2, 0.25) is 0 Å². The number of hydrogen-bond acceptors (Lipinski definition) is 2. The van der Waals surface area contributed by atoms with Crippen molar-refractivity contribution in [2.45, 2.75) is 77.7 Å². The van der Waals surface area contributed by atoms with E-state index in [1.54, 1.807) is 0 Å². The van der Waals surface area contributed by atoms with Gasteiger partial charge in [-0.05, 0) is 49.9 Å². The number of nitrogens with one attached hydrogen (secondary N) is 1. The quantitative estimate of drug-likeness (QED) is 0.846. The largest absolute Gasteiger partial charge is 0.354 e. The fourth-order valence-electron chi connectivity index (χ4n) is 4.73. The zero-order valence-electron chi connectivity index (χ0n) is 14.8. The summed E-state index contributed by atoms with van der Waals surface area (Å²) in [5.74, 6) is 1.42. The lowest BCUT2D eigenvalue weighted by Crippen LogP contribution is -2.46. The van der Waals surface area contributed by atoms with Gasteiger partial charge in [0.15, 0.2) is 0 Å². The summed E-state index contributed by atoms with van der Waals surface area (Å²) in [7, 11) is 0. The number of nitrogens with zero attached hydrogens (tertiary/aromatic N) is 1. The van der Waals surface area contributed by atoms with Crippen molar-refractivity contribution in [2.24, 2.45) is 17.3 Å². The van der Waals surface area contributed by atoms with Crippen LogP contribution in [0, 0.1) is 17.3 Å². The zero-order chi connectivity index (χ0) is 16.4. The normalized spacial score (nSPS) is 32.6. The molecule has 2 amide bonds. The lowest BCUT2D eigenvalue weighted by molar-refractivity contribution is -0.135. The molecule has 3 rings (SSSR count). The summed E-state index contributed by atoms with van der Waals surface area (Å²) < 4.78 is 0. The molecule has 1 heterocycles. The van der Waals surface area contributed by atoms with Gasteiger partial charge >= 0.3 is 0 Å². The second-order valence-corrected chi connectivity index (χ2v) is 8.60. The van der Waals surface area contributed by atoms with E-state index in [1.807, 2.05) is 4.90 Å². The SMILES string of the molecule is CC1CC(C(=O)NC[C@H]2CCCN2C(=O)CC2(C)CCCC2)C1. The van der Waals surface area contributed by atoms with Gasteiger partial charge in [-0.3, -0.25) is 9.59 Å². The van der Waals surface area contributed by atoms with E-state index in [1.165, 1.54) is 25.7 Å². The predicted octanol–water partition coefficient (Wildman–Crippen LogP) is 3.11. The summed E-state index contributed by atoms with van der Waals surface area (Å²) in [6.45, 7) is 5.98. The summed E-state index contributed by atoms with van der Waals surface area (Å²) in [4.78, 5) is 26.9. The third kappa shape index (κ3) is 3.89. The Labute approximate surface area is 140 Å². The minimum atomic E-state index is 0.199. The Morgan fingerprint density at radius 2 is 1.87 bits per heavy atom. The van der Waals surface area contributed by atoms with Gasteiger partial charge in [0, 0.05) is 31.5 Å². The summed E-state index contributed by atoms with van der Waals surface area (Å²) in [5, 5.41) is 3.10.